The molecule has 0 amide bonds. The van der Waals surface area contributed by atoms with Crippen molar-refractivity contribution in [2.24, 2.45) is 10.9 Å². The lowest BCUT2D eigenvalue weighted by atomic mass is 10.2. The summed E-state index contributed by atoms with van der Waals surface area (Å²) in [4.78, 5) is 0.109. The molecule has 20 heavy (non-hydrogen) atoms. The van der Waals surface area contributed by atoms with Crippen molar-refractivity contribution in [1.82, 2.24) is 10.2 Å². The SMILES string of the molecule is Cc1cccc(S(=O)(=O)Nc2[nH]ncc2C(N)=NO)c1. The van der Waals surface area contributed by atoms with Crippen molar-refractivity contribution in [3.63, 3.8) is 0 Å². The van der Waals surface area contributed by atoms with E-state index in [0.29, 0.717) is 0 Å². The summed E-state index contributed by atoms with van der Waals surface area (Å²) in [5.41, 5.74) is 6.40. The van der Waals surface area contributed by atoms with E-state index in [4.69, 9.17) is 10.9 Å². The van der Waals surface area contributed by atoms with Gasteiger partial charge < -0.3 is 10.9 Å². The lowest BCUT2D eigenvalue weighted by Crippen LogP contribution is -2.18. The third kappa shape index (κ3) is 2.72. The molecule has 0 radical (unpaired) electrons. The van der Waals surface area contributed by atoms with Crippen LogP contribution >= 0.6 is 0 Å². The molecule has 0 bridgehead atoms. The molecule has 1 heterocycles. The van der Waals surface area contributed by atoms with Crippen LogP contribution in [0.4, 0.5) is 5.82 Å². The number of nitrogens with two attached hydrogens (primary N) is 1. The minimum atomic E-state index is -3.78. The number of rotatable bonds is 4. The summed E-state index contributed by atoms with van der Waals surface area (Å²) in [7, 11) is -3.78. The van der Waals surface area contributed by atoms with Crippen LogP contribution in [0.1, 0.15) is 11.1 Å². The minimum absolute atomic E-state index is 0.0295. The molecule has 1 aromatic carbocycles. The fourth-order valence-corrected chi connectivity index (χ4v) is 2.73. The van der Waals surface area contributed by atoms with Crippen LogP contribution in [0.5, 0.6) is 0 Å². The first-order valence-corrected chi connectivity index (χ1v) is 7.03. The molecular formula is C11H13N5O3S. The first-order valence-electron chi connectivity index (χ1n) is 5.55. The van der Waals surface area contributed by atoms with Gasteiger partial charge in [-0.2, -0.15) is 5.10 Å². The van der Waals surface area contributed by atoms with E-state index >= 15 is 0 Å². The molecular weight excluding hydrogens is 282 g/mol. The number of nitrogens with one attached hydrogen (secondary N) is 2. The van der Waals surface area contributed by atoms with Gasteiger partial charge in [0.15, 0.2) is 5.84 Å². The highest BCUT2D eigenvalue weighted by Gasteiger charge is 2.18. The topological polar surface area (TPSA) is 133 Å². The number of sulfonamides is 1. The standard InChI is InChI=1S/C11H13N5O3S/c1-7-3-2-4-8(5-7)20(18,19)16-11-9(6-13-14-11)10(12)15-17/h2-6,17H,1H3,(H2,12,15)(H2,13,14,16). The quantitative estimate of drug-likeness (QED) is 0.284. The predicted molar refractivity (Wildman–Crippen MR) is 73.1 cm³/mol. The first kappa shape index (κ1) is 13.9. The zero-order valence-electron chi connectivity index (χ0n) is 10.5. The van der Waals surface area contributed by atoms with E-state index in [1.165, 1.54) is 18.3 Å². The Morgan fingerprint density at radius 2 is 2.25 bits per heavy atom. The summed E-state index contributed by atoms with van der Waals surface area (Å²) < 4.78 is 26.7. The number of aromatic nitrogens is 2. The van der Waals surface area contributed by atoms with Crippen LogP contribution in [-0.4, -0.2) is 29.7 Å². The number of nitrogens with zero attached hydrogens (tertiary/aromatic N) is 2. The molecule has 0 fully saturated rings. The largest absolute Gasteiger partial charge is 0.409 e. The molecule has 0 saturated heterocycles. The van der Waals surface area contributed by atoms with E-state index in [-0.39, 0.29) is 22.1 Å². The molecule has 0 atom stereocenters. The van der Waals surface area contributed by atoms with E-state index in [2.05, 4.69) is 20.1 Å². The summed E-state index contributed by atoms with van der Waals surface area (Å²) in [6.07, 6.45) is 1.25. The van der Waals surface area contributed by atoms with Gasteiger partial charge in [-0.25, -0.2) is 8.42 Å². The second-order valence-corrected chi connectivity index (χ2v) is 5.75. The second-order valence-electron chi connectivity index (χ2n) is 4.07. The van der Waals surface area contributed by atoms with E-state index in [1.54, 1.807) is 19.1 Å². The second kappa shape index (κ2) is 5.21. The van der Waals surface area contributed by atoms with Crippen molar-refractivity contribution < 1.29 is 13.6 Å². The van der Waals surface area contributed by atoms with Crippen molar-refractivity contribution in [1.29, 1.82) is 0 Å². The van der Waals surface area contributed by atoms with Gasteiger partial charge >= 0.3 is 0 Å². The van der Waals surface area contributed by atoms with Gasteiger partial charge in [-0.3, -0.25) is 9.82 Å². The van der Waals surface area contributed by atoms with Crippen molar-refractivity contribution in [3.8, 4) is 0 Å². The van der Waals surface area contributed by atoms with Crippen molar-refractivity contribution in [3.05, 3.63) is 41.6 Å². The number of H-pyrrole nitrogens is 1. The number of anilines is 1. The fourth-order valence-electron chi connectivity index (χ4n) is 1.59. The van der Waals surface area contributed by atoms with Crippen LogP contribution in [-0.2, 0) is 10.0 Å². The van der Waals surface area contributed by atoms with Gasteiger partial charge in [0.2, 0.25) is 0 Å². The van der Waals surface area contributed by atoms with E-state index in [1.807, 2.05) is 0 Å². The van der Waals surface area contributed by atoms with E-state index in [9.17, 15) is 8.42 Å². The molecule has 9 heteroatoms. The maximum Gasteiger partial charge on any atom is 0.263 e. The van der Waals surface area contributed by atoms with Crippen LogP contribution in [0, 0.1) is 6.92 Å². The smallest absolute Gasteiger partial charge is 0.263 e. The van der Waals surface area contributed by atoms with Crippen molar-refractivity contribution in [2.45, 2.75) is 11.8 Å². The highest BCUT2D eigenvalue weighted by molar-refractivity contribution is 7.92. The Morgan fingerprint density at radius 1 is 1.50 bits per heavy atom. The first-order chi connectivity index (χ1) is 9.44. The molecule has 106 valence electrons. The normalized spacial score (nSPS) is 12.3. The van der Waals surface area contributed by atoms with Crippen LogP contribution in [0.3, 0.4) is 0 Å². The molecule has 1 aromatic heterocycles. The number of benzene rings is 1. The molecule has 2 aromatic rings. The van der Waals surface area contributed by atoms with Crippen molar-refractivity contribution in [2.75, 3.05) is 4.72 Å². The third-order valence-electron chi connectivity index (χ3n) is 2.56. The highest BCUT2D eigenvalue weighted by atomic mass is 32.2. The summed E-state index contributed by atoms with van der Waals surface area (Å²) in [5.74, 6) is -0.220. The lowest BCUT2D eigenvalue weighted by Gasteiger charge is -2.08. The van der Waals surface area contributed by atoms with Gasteiger partial charge in [-0.15, -0.1) is 0 Å². The Hall–Kier alpha value is -2.55. The van der Waals surface area contributed by atoms with Gasteiger partial charge in [0.1, 0.15) is 5.82 Å². The van der Waals surface area contributed by atoms with Gasteiger partial charge in [0.05, 0.1) is 16.7 Å². The average molecular weight is 295 g/mol. The highest BCUT2D eigenvalue weighted by Crippen LogP contribution is 2.18. The maximum atomic E-state index is 12.2. The lowest BCUT2D eigenvalue weighted by molar-refractivity contribution is 0.318. The zero-order chi connectivity index (χ0) is 14.8. The Labute approximate surface area is 115 Å². The molecule has 5 N–H and O–H groups in total. The van der Waals surface area contributed by atoms with E-state index in [0.717, 1.165) is 5.56 Å². The Balaban J connectivity index is 2.37. The predicted octanol–water partition coefficient (Wildman–Crippen LogP) is 0.613. The van der Waals surface area contributed by atoms with Crippen LogP contribution < -0.4 is 10.5 Å². The van der Waals surface area contributed by atoms with Crippen LogP contribution in [0.25, 0.3) is 0 Å². The van der Waals surface area contributed by atoms with Gasteiger partial charge in [0, 0.05) is 0 Å². The number of hydrogen-bond donors (Lipinski definition) is 4. The van der Waals surface area contributed by atoms with Crippen LogP contribution in [0.15, 0.2) is 40.5 Å². The molecule has 0 aliphatic carbocycles. The van der Waals surface area contributed by atoms with Gasteiger partial charge in [-0.05, 0) is 24.6 Å². The Bertz CT molecular complexity index is 751. The van der Waals surface area contributed by atoms with Gasteiger partial charge in [-0.1, -0.05) is 17.3 Å². The zero-order valence-corrected chi connectivity index (χ0v) is 11.3. The number of oxime groups is 1. The Morgan fingerprint density at radius 3 is 2.90 bits per heavy atom. The number of aryl methyl sites for hydroxylation is 1. The monoisotopic (exact) mass is 295 g/mol. The number of hydrogen-bond acceptors (Lipinski definition) is 5. The van der Waals surface area contributed by atoms with Crippen LogP contribution in [0.2, 0.25) is 0 Å². The van der Waals surface area contributed by atoms with Gasteiger partial charge in [0.25, 0.3) is 10.0 Å². The molecule has 0 unspecified atom stereocenters. The molecule has 0 aliphatic rings. The fraction of sp³-hybridized carbons (Fsp3) is 0.0909. The number of amidine groups is 1. The van der Waals surface area contributed by atoms with Crippen molar-refractivity contribution >= 4 is 21.7 Å². The summed E-state index contributed by atoms with van der Waals surface area (Å²) >= 11 is 0. The molecule has 0 saturated carbocycles. The minimum Gasteiger partial charge on any atom is -0.409 e. The molecule has 0 spiro atoms. The molecule has 2 rings (SSSR count). The molecule has 0 aliphatic heterocycles. The third-order valence-corrected chi connectivity index (χ3v) is 3.91. The van der Waals surface area contributed by atoms with E-state index < -0.39 is 10.0 Å². The Kier molecular flexibility index (Phi) is 3.61. The molecule has 8 nitrogen and oxygen atoms in total. The number of aromatic amines is 1. The summed E-state index contributed by atoms with van der Waals surface area (Å²) in [6, 6.07) is 6.43. The maximum absolute atomic E-state index is 12.2. The average Bonchev–Trinajstić information content (AvgIpc) is 2.85. The summed E-state index contributed by atoms with van der Waals surface area (Å²) in [5, 5.41) is 17.5. The summed E-state index contributed by atoms with van der Waals surface area (Å²) in [6.45, 7) is 1.79.